The van der Waals surface area contributed by atoms with Crippen LogP contribution in [-0.2, 0) is 6.54 Å². The van der Waals surface area contributed by atoms with Crippen molar-refractivity contribution in [2.45, 2.75) is 20.4 Å². The van der Waals surface area contributed by atoms with Crippen LogP contribution < -0.4 is 5.32 Å². The van der Waals surface area contributed by atoms with E-state index in [1.807, 2.05) is 19.9 Å². The summed E-state index contributed by atoms with van der Waals surface area (Å²) in [6.07, 6.45) is 3.55. The van der Waals surface area contributed by atoms with Crippen LogP contribution in [0.15, 0.2) is 18.5 Å². The Balaban J connectivity index is 2.02. The number of aryl methyl sites for hydroxylation is 2. The van der Waals surface area contributed by atoms with Crippen LogP contribution in [-0.4, -0.2) is 20.2 Å². The quantitative estimate of drug-likeness (QED) is 0.791. The maximum absolute atomic E-state index is 4.25. The standard InChI is InChI=1S/C10H13N5/c1-7-3-4-11-10(14-7)12-5-9-6-13-15-8(9)2/h3-4,6H,5H2,1-2H3,(H,13,15)(H,11,12,14). The molecule has 2 aromatic rings. The monoisotopic (exact) mass is 203 g/mol. The highest BCUT2D eigenvalue weighted by molar-refractivity contribution is 5.28. The van der Waals surface area contributed by atoms with E-state index in [-0.39, 0.29) is 0 Å². The number of aromatic amines is 1. The second kappa shape index (κ2) is 4.08. The van der Waals surface area contributed by atoms with Gasteiger partial charge in [0.1, 0.15) is 0 Å². The summed E-state index contributed by atoms with van der Waals surface area (Å²) in [6, 6.07) is 1.87. The molecule has 0 amide bonds. The number of hydrogen-bond donors (Lipinski definition) is 2. The molecule has 0 fully saturated rings. The Hall–Kier alpha value is -1.91. The molecule has 2 heterocycles. The molecule has 0 aliphatic rings. The third-order valence-corrected chi connectivity index (χ3v) is 2.17. The van der Waals surface area contributed by atoms with Crippen molar-refractivity contribution in [3.8, 4) is 0 Å². The maximum Gasteiger partial charge on any atom is 0.223 e. The average molecular weight is 203 g/mol. The van der Waals surface area contributed by atoms with Gasteiger partial charge in [0.25, 0.3) is 0 Å². The lowest BCUT2D eigenvalue weighted by atomic mass is 10.3. The van der Waals surface area contributed by atoms with Crippen LogP contribution in [0.4, 0.5) is 5.95 Å². The predicted molar refractivity (Wildman–Crippen MR) is 57.4 cm³/mol. The molecule has 0 saturated heterocycles. The zero-order chi connectivity index (χ0) is 10.7. The topological polar surface area (TPSA) is 66.5 Å². The van der Waals surface area contributed by atoms with E-state index in [9.17, 15) is 0 Å². The molecule has 0 aliphatic heterocycles. The molecule has 0 spiro atoms. The largest absolute Gasteiger partial charge is 0.350 e. The smallest absolute Gasteiger partial charge is 0.223 e. The summed E-state index contributed by atoms with van der Waals surface area (Å²) in [5.74, 6) is 0.649. The summed E-state index contributed by atoms with van der Waals surface area (Å²) in [6.45, 7) is 4.61. The maximum atomic E-state index is 4.25. The van der Waals surface area contributed by atoms with Gasteiger partial charge in [0.05, 0.1) is 6.20 Å². The van der Waals surface area contributed by atoms with Gasteiger partial charge in [-0.25, -0.2) is 9.97 Å². The molecule has 15 heavy (non-hydrogen) atoms. The number of nitrogens with one attached hydrogen (secondary N) is 2. The van der Waals surface area contributed by atoms with Gasteiger partial charge in [-0.3, -0.25) is 5.10 Å². The highest BCUT2D eigenvalue weighted by Gasteiger charge is 2.01. The second-order valence-corrected chi connectivity index (χ2v) is 3.40. The predicted octanol–water partition coefficient (Wildman–Crippen LogP) is 1.43. The first-order valence-electron chi connectivity index (χ1n) is 4.78. The normalized spacial score (nSPS) is 10.3. The van der Waals surface area contributed by atoms with Crippen molar-refractivity contribution < 1.29 is 0 Å². The van der Waals surface area contributed by atoms with Gasteiger partial charge in [0, 0.05) is 29.7 Å². The minimum Gasteiger partial charge on any atom is -0.350 e. The third-order valence-electron chi connectivity index (χ3n) is 2.17. The van der Waals surface area contributed by atoms with Crippen molar-refractivity contribution >= 4 is 5.95 Å². The van der Waals surface area contributed by atoms with Gasteiger partial charge in [-0.05, 0) is 19.9 Å². The van der Waals surface area contributed by atoms with Crippen molar-refractivity contribution in [2.75, 3.05) is 5.32 Å². The summed E-state index contributed by atoms with van der Waals surface area (Å²) < 4.78 is 0. The van der Waals surface area contributed by atoms with Crippen molar-refractivity contribution in [1.29, 1.82) is 0 Å². The third kappa shape index (κ3) is 2.31. The van der Waals surface area contributed by atoms with Gasteiger partial charge in [-0.1, -0.05) is 0 Å². The zero-order valence-electron chi connectivity index (χ0n) is 8.78. The van der Waals surface area contributed by atoms with Crippen LogP contribution in [0.5, 0.6) is 0 Å². The van der Waals surface area contributed by atoms with Crippen LogP contribution in [0, 0.1) is 13.8 Å². The summed E-state index contributed by atoms with van der Waals surface area (Å²) >= 11 is 0. The Bertz CT molecular complexity index is 449. The van der Waals surface area contributed by atoms with Gasteiger partial charge in [0.2, 0.25) is 5.95 Å². The molecular formula is C10H13N5. The molecule has 5 heteroatoms. The molecule has 0 radical (unpaired) electrons. The number of H-pyrrole nitrogens is 1. The minimum absolute atomic E-state index is 0.649. The zero-order valence-corrected chi connectivity index (χ0v) is 8.78. The van der Waals surface area contributed by atoms with E-state index in [0.29, 0.717) is 12.5 Å². The summed E-state index contributed by atoms with van der Waals surface area (Å²) in [5.41, 5.74) is 3.15. The first-order chi connectivity index (χ1) is 7.25. The Kier molecular flexibility index (Phi) is 2.62. The Morgan fingerprint density at radius 3 is 2.93 bits per heavy atom. The average Bonchev–Trinajstić information content (AvgIpc) is 2.61. The minimum atomic E-state index is 0.649. The first kappa shape index (κ1) is 9.64. The van der Waals surface area contributed by atoms with Gasteiger partial charge in [-0.15, -0.1) is 0 Å². The Morgan fingerprint density at radius 2 is 2.27 bits per heavy atom. The van der Waals surface area contributed by atoms with Crippen molar-refractivity contribution in [3.63, 3.8) is 0 Å². The molecular weight excluding hydrogens is 190 g/mol. The van der Waals surface area contributed by atoms with E-state index < -0.39 is 0 Å². The van der Waals surface area contributed by atoms with Crippen molar-refractivity contribution in [3.05, 3.63) is 35.4 Å². The summed E-state index contributed by atoms with van der Waals surface area (Å²) in [7, 11) is 0. The lowest BCUT2D eigenvalue weighted by Gasteiger charge is -2.03. The number of aromatic nitrogens is 4. The van der Waals surface area contributed by atoms with Crippen LogP contribution in [0.3, 0.4) is 0 Å². The molecule has 2 aromatic heterocycles. The fourth-order valence-electron chi connectivity index (χ4n) is 1.26. The van der Waals surface area contributed by atoms with Crippen LogP contribution in [0.2, 0.25) is 0 Å². The lowest BCUT2D eigenvalue weighted by molar-refractivity contribution is 1.01. The molecule has 2 rings (SSSR count). The van der Waals surface area contributed by atoms with Gasteiger partial charge >= 0.3 is 0 Å². The van der Waals surface area contributed by atoms with Gasteiger partial charge < -0.3 is 5.32 Å². The molecule has 2 N–H and O–H groups in total. The fraction of sp³-hybridized carbons (Fsp3) is 0.300. The van der Waals surface area contributed by atoms with E-state index in [1.165, 1.54) is 0 Å². The highest BCUT2D eigenvalue weighted by Crippen LogP contribution is 2.05. The van der Waals surface area contributed by atoms with Crippen molar-refractivity contribution in [2.24, 2.45) is 0 Å². The Labute approximate surface area is 88.0 Å². The number of hydrogen-bond acceptors (Lipinski definition) is 4. The number of rotatable bonds is 3. The van der Waals surface area contributed by atoms with Crippen molar-refractivity contribution in [1.82, 2.24) is 20.2 Å². The summed E-state index contributed by atoms with van der Waals surface area (Å²) in [5, 5.41) is 9.98. The molecule has 0 aromatic carbocycles. The van der Waals surface area contributed by atoms with E-state index in [4.69, 9.17) is 0 Å². The molecule has 0 unspecified atom stereocenters. The molecule has 0 saturated carbocycles. The SMILES string of the molecule is Cc1ccnc(NCc2cn[nH]c2C)n1. The van der Waals surface area contributed by atoms with Crippen LogP contribution in [0.1, 0.15) is 17.0 Å². The van der Waals surface area contributed by atoms with E-state index in [0.717, 1.165) is 17.0 Å². The van der Waals surface area contributed by atoms with Crippen LogP contribution in [0.25, 0.3) is 0 Å². The molecule has 0 bridgehead atoms. The summed E-state index contributed by atoms with van der Waals surface area (Å²) in [4.78, 5) is 8.37. The fourth-order valence-corrected chi connectivity index (χ4v) is 1.26. The Morgan fingerprint density at radius 1 is 1.40 bits per heavy atom. The van der Waals surface area contributed by atoms with Crippen LogP contribution >= 0.6 is 0 Å². The number of anilines is 1. The van der Waals surface area contributed by atoms with E-state index >= 15 is 0 Å². The van der Waals surface area contributed by atoms with Gasteiger partial charge in [-0.2, -0.15) is 5.10 Å². The van der Waals surface area contributed by atoms with E-state index in [2.05, 4.69) is 25.5 Å². The van der Waals surface area contributed by atoms with Gasteiger partial charge in [0.15, 0.2) is 0 Å². The molecule has 5 nitrogen and oxygen atoms in total. The highest BCUT2D eigenvalue weighted by atomic mass is 15.1. The second-order valence-electron chi connectivity index (χ2n) is 3.40. The number of nitrogens with zero attached hydrogens (tertiary/aromatic N) is 3. The van der Waals surface area contributed by atoms with E-state index in [1.54, 1.807) is 12.4 Å². The molecule has 0 atom stereocenters. The molecule has 78 valence electrons. The lowest BCUT2D eigenvalue weighted by Crippen LogP contribution is -2.04. The molecule has 0 aliphatic carbocycles. The first-order valence-corrected chi connectivity index (χ1v) is 4.78.